The second-order valence-electron chi connectivity index (χ2n) is 10.2. The van der Waals surface area contributed by atoms with E-state index in [0.29, 0.717) is 43.0 Å². The van der Waals surface area contributed by atoms with Gasteiger partial charge >= 0.3 is 6.03 Å². The molecule has 2 aliphatic rings. The predicted octanol–water partition coefficient (Wildman–Crippen LogP) is 5.22. The van der Waals surface area contributed by atoms with Crippen molar-refractivity contribution in [3.8, 4) is 0 Å². The third-order valence-electron chi connectivity index (χ3n) is 6.74. The smallest absolute Gasteiger partial charge is 0.319 e. The van der Waals surface area contributed by atoms with E-state index in [-0.39, 0.29) is 23.3 Å². The molecule has 4 amide bonds. The minimum Gasteiger partial charge on any atom is -0.319 e. The molecule has 3 aromatic carbocycles. The zero-order valence-corrected chi connectivity index (χ0v) is 20.3. The maximum atomic E-state index is 13.0. The zero-order chi connectivity index (χ0) is 24.7. The fourth-order valence-electron chi connectivity index (χ4n) is 4.65. The van der Waals surface area contributed by atoms with Gasteiger partial charge in [0.25, 0.3) is 11.8 Å². The number of imide groups is 1. The monoisotopic (exact) mass is 467 g/mol. The highest BCUT2D eigenvalue weighted by atomic mass is 16.2. The van der Waals surface area contributed by atoms with Crippen LogP contribution in [0.2, 0.25) is 0 Å². The lowest BCUT2D eigenvalue weighted by molar-refractivity contribution is 0.0926. The van der Waals surface area contributed by atoms with Crippen molar-refractivity contribution in [3.63, 3.8) is 0 Å². The van der Waals surface area contributed by atoms with Crippen molar-refractivity contribution < 1.29 is 14.4 Å². The quantitative estimate of drug-likeness (QED) is 0.483. The number of benzene rings is 3. The molecule has 0 spiro atoms. The van der Waals surface area contributed by atoms with Crippen LogP contribution in [0.5, 0.6) is 0 Å². The summed E-state index contributed by atoms with van der Waals surface area (Å²) in [7, 11) is 0. The van der Waals surface area contributed by atoms with Crippen LogP contribution >= 0.6 is 0 Å². The number of anilines is 1. The van der Waals surface area contributed by atoms with Crippen LogP contribution in [0.3, 0.4) is 0 Å². The van der Waals surface area contributed by atoms with E-state index in [1.165, 1.54) is 10.5 Å². The first-order valence-corrected chi connectivity index (χ1v) is 11.9. The topological polar surface area (TPSA) is 60.9 Å². The Morgan fingerprint density at radius 1 is 0.657 bits per heavy atom. The number of carbonyl (C=O) groups is 3. The number of carbonyl (C=O) groups excluding carboxylic acids is 3. The second kappa shape index (κ2) is 8.69. The molecular formula is C29H29N3O3. The minimum atomic E-state index is -0.306. The first-order chi connectivity index (χ1) is 16.7. The van der Waals surface area contributed by atoms with Gasteiger partial charge in [-0.25, -0.2) is 9.69 Å². The Morgan fingerprint density at radius 2 is 1.11 bits per heavy atom. The van der Waals surface area contributed by atoms with E-state index < -0.39 is 0 Å². The van der Waals surface area contributed by atoms with Crippen LogP contribution in [-0.2, 0) is 18.5 Å². The number of amides is 4. The fraction of sp³-hybridized carbons (Fsp3) is 0.276. The Balaban J connectivity index is 1.22. The van der Waals surface area contributed by atoms with Crippen LogP contribution in [0.4, 0.5) is 10.5 Å². The molecule has 0 unspecified atom stereocenters. The summed E-state index contributed by atoms with van der Waals surface area (Å²) in [6.07, 6.45) is 0. The SMILES string of the molecule is CC(C)(C)c1ccc(CN2CCN(Cc3ccc(N4C(=O)c5ccccc5C4=O)cc3)C2=O)cc1. The number of rotatable bonds is 5. The Labute approximate surface area is 205 Å². The third-order valence-corrected chi connectivity index (χ3v) is 6.74. The van der Waals surface area contributed by atoms with Crippen LogP contribution in [0.15, 0.2) is 72.8 Å². The molecule has 2 aliphatic heterocycles. The van der Waals surface area contributed by atoms with Gasteiger partial charge in [0, 0.05) is 26.2 Å². The number of nitrogens with zero attached hydrogens (tertiary/aromatic N) is 3. The Kier molecular flexibility index (Phi) is 5.67. The lowest BCUT2D eigenvalue weighted by atomic mass is 9.87. The molecule has 0 aliphatic carbocycles. The molecule has 0 radical (unpaired) electrons. The van der Waals surface area contributed by atoms with Crippen LogP contribution in [-0.4, -0.2) is 40.7 Å². The largest absolute Gasteiger partial charge is 0.320 e. The summed E-state index contributed by atoms with van der Waals surface area (Å²) in [5.41, 5.74) is 4.85. The predicted molar refractivity (Wildman–Crippen MR) is 135 cm³/mol. The number of hydrogen-bond acceptors (Lipinski definition) is 3. The highest BCUT2D eigenvalue weighted by Gasteiger charge is 2.36. The lowest BCUT2D eigenvalue weighted by Crippen LogP contribution is -2.31. The van der Waals surface area contributed by atoms with E-state index in [9.17, 15) is 14.4 Å². The first-order valence-electron chi connectivity index (χ1n) is 11.9. The van der Waals surface area contributed by atoms with Crippen LogP contribution in [0, 0.1) is 0 Å². The molecule has 5 rings (SSSR count). The summed E-state index contributed by atoms with van der Waals surface area (Å²) in [4.78, 5) is 43.3. The van der Waals surface area contributed by atoms with Gasteiger partial charge in [-0.3, -0.25) is 9.59 Å². The molecule has 1 fully saturated rings. The van der Waals surface area contributed by atoms with Gasteiger partial charge < -0.3 is 9.80 Å². The van der Waals surface area contributed by atoms with Crippen molar-refractivity contribution in [1.29, 1.82) is 0 Å². The molecule has 0 aromatic heterocycles. The highest BCUT2D eigenvalue weighted by molar-refractivity contribution is 6.34. The molecule has 3 aromatic rings. The summed E-state index contributed by atoms with van der Waals surface area (Å²) in [6.45, 7) is 9.01. The summed E-state index contributed by atoms with van der Waals surface area (Å²) in [5, 5.41) is 0. The molecule has 0 saturated carbocycles. The summed E-state index contributed by atoms with van der Waals surface area (Å²) >= 11 is 0. The number of fused-ring (bicyclic) bond motifs is 1. The van der Waals surface area contributed by atoms with Crippen molar-refractivity contribution in [2.45, 2.75) is 39.3 Å². The maximum Gasteiger partial charge on any atom is 0.320 e. The molecule has 6 heteroatoms. The summed E-state index contributed by atoms with van der Waals surface area (Å²) < 4.78 is 0. The Morgan fingerprint density at radius 3 is 1.57 bits per heavy atom. The van der Waals surface area contributed by atoms with Gasteiger partial charge in [0.2, 0.25) is 0 Å². The van der Waals surface area contributed by atoms with Gasteiger partial charge in [-0.15, -0.1) is 0 Å². The van der Waals surface area contributed by atoms with E-state index in [0.717, 1.165) is 11.1 Å². The number of urea groups is 1. The van der Waals surface area contributed by atoms with Gasteiger partial charge in [-0.1, -0.05) is 69.3 Å². The van der Waals surface area contributed by atoms with E-state index in [2.05, 4.69) is 45.0 Å². The Hall–Kier alpha value is -3.93. The molecule has 0 N–H and O–H groups in total. The van der Waals surface area contributed by atoms with E-state index in [1.807, 2.05) is 21.9 Å². The summed E-state index contributed by atoms with van der Waals surface area (Å²) in [5.74, 6) is -0.613. The highest BCUT2D eigenvalue weighted by Crippen LogP contribution is 2.29. The average molecular weight is 468 g/mol. The third kappa shape index (κ3) is 4.32. The van der Waals surface area contributed by atoms with Crippen molar-refractivity contribution in [3.05, 3.63) is 101 Å². The molecule has 0 atom stereocenters. The van der Waals surface area contributed by atoms with Gasteiger partial charge in [0.15, 0.2) is 0 Å². The van der Waals surface area contributed by atoms with Gasteiger partial charge in [-0.05, 0) is 46.4 Å². The number of hydrogen-bond donors (Lipinski definition) is 0. The first kappa shape index (κ1) is 22.8. The minimum absolute atomic E-state index is 0.0225. The van der Waals surface area contributed by atoms with Crippen molar-refractivity contribution in [2.75, 3.05) is 18.0 Å². The second-order valence-corrected chi connectivity index (χ2v) is 10.2. The summed E-state index contributed by atoms with van der Waals surface area (Å²) in [6, 6.07) is 22.7. The van der Waals surface area contributed by atoms with Gasteiger partial charge in [0.05, 0.1) is 16.8 Å². The van der Waals surface area contributed by atoms with Gasteiger partial charge in [0.1, 0.15) is 0 Å². The average Bonchev–Trinajstić information content (AvgIpc) is 3.31. The Bertz CT molecular complexity index is 1250. The standard InChI is InChI=1S/C29H29N3O3/c1-29(2,3)22-12-8-20(9-13-22)18-30-16-17-31(28(30)35)19-21-10-14-23(15-11-21)32-26(33)24-6-4-5-7-25(24)27(32)34/h4-15H,16-19H2,1-3H3. The van der Waals surface area contributed by atoms with Crippen molar-refractivity contribution >= 4 is 23.5 Å². The van der Waals surface area contributed by atoms with Crippen LogP contribution in [0.25, 0.3) is 0 Å². The zero-order valence-electron chi connectivity index (χ0n) is 20.3. The van der Waals surface area contributed by atoms with Gasteiger partial charge in [-0.2, -0.15) is 0 Å². The van der Waals surface area contributed by atoms with Crippen LogP contribution < -0.4 is 4.90 Å². The van der Waals surface area contributed by atoms with Crippen molar-refractivity contribution in [2.24, 2.45) is 0 Å². The van der Waals surface area contributed by atoms with E-state index >= 15 is 0 Å². The lowest BCUT2D eigenvalue weighted by Gasteiger charge is -2.21. The normalized spacial score (nSPS) is 15.9. The molecular weight excluding hydrogens is 438 g/mol. The molecule has 1 saturated heterocycles. The maximum absolute atomic E-state index is 13.0. The van der Waals surface area contributed by atoms with Crippen LogP contribution in [0.1, 0.15) is 58.2 Å². The fourth-order valence-corrected chi connectivity index (χ4v) is 4.65. The van der Waals surface area contributed by atoms with Crippen molar-refractivity contribution in [1.82, 2.24) is 9.80 Å². The molecule has 0 bridgehead atoms. The molecule has 178 valence electrons. The van der Waals surface area contributed by atoms with E-state index in [1.54, 1.807) is 36.4 Å². The molecule has 2 heterocycles. The van der Waals surface area contributed by atoms with E-state index in [4.69, 9.17) is 0 Å². The molecule has 6 nitrogen and oxygen atoms in total. The molecule has 35 heavy (non-hydrogen) atoms.